The maximum absolute atomic E-state index is 14.1. The van der Waals surface area contributed by atoms with E-state index in [1.54, 1.807) is 31.3 Å². The molecule has 136 valence electrons. The number of allylic oxidation sites excluding steroid dienone is 5. The summed E-state index contributed by atoms with van der Waals surface area (Å²) in [7, 11) is 1.77. The van der Waals surface area contributed by atoms with E-state index in [1.807, 2.05) is 25.2 Å². The predicted molar refractivity (Wildman–Crippen MR) is 107 cm³/mol. The van der Waals surface area contributed by atoms with Crippen LogP contribution >= 0.6 is 0 Å². The monoisotopic (exact) mass is 363 g/mol. The van der Waals surface area contributed by atoms with Gasteiger partial charge in [-0.1, -0.05) is 36.9 Å². The van der Waals surface area contributed by atoms with Gasteiger partial charge in [-0.25, -0.2) is 18.7 Å². The van der Waals surface area contributed by atoms with Crippen molar-refractivity contribution in [3.8, 4) is 11.1 Å². The van der Waals surface area contributed by atoms with E-state index in [4.69, 9.17) is 0 Å². The summed E-state index contributed by atoms with van der Waals surface area (Å²) in [5.74, 6) is -0.0296. The van der Waals surface area contributed by atoms with Gasteiger partial charge in [0.25, 0.3) is 0 Å². The van der Waals surface area contributed by atoms with E-state index >= 15 is 0 Å². The van der Waals surface area contributed by atoms with Gasteiger partial charge in [0.1, 0.15) is 17.5 Å². The minimum atomic E-state index is -0.609. The number of nitrogens with zero attached hydrogens (tertiary/aromatic N) is 2. The third-order valence-corrected chi connectivity index (χ3v) is 4.08. The lowest BCUT2D eigenvalue weighted by molar-refractivity contribution is 0.585. The highest BCUT2D eigenvalue weighted by Crippen LogP contribution is 2.30. The normalized spacial score (nSPS) is 11.9. The predicted octanol–water partition coefficient (Wildman–Crippen LogP) is 5.76. The van der Waals surface area contributed by atoms with Crippen molar-refractivity contribution in [2.24, 2.45) is 0 Å². The van der Waals surface area contributed by atoms with Crippen molar-refractivity contribution in [1.82, 2.24) is 9.97 Å². The van der Waals surface area contributed by atoms with Gasteiger partial charge in [0, 0.05) is 29.6 Å². The van der Waals surface area contributed by atoms with Gasteiger partial charge in [-0.3, -0.25) is 0 Å². The molecule has 0 bridgehead atoms. The molecule has 0 amide bonds. The molecule has 0 aliphatic heterocycles. The Bertz CT molecular complexity index is 1070. The van der Waals surface area contributed by atoms with Crippen LogP contribution in [-0.4, -0.2) is 17.0 Å². The minimum absolute atomic E-state index is 0.325. The van der Waals surface area contributed by atoms with E-state index < -0.39 is 11.6 Å². The number of rotatable bonds is 5. The topological polar surface area (TPSA) is 37.8 Å². The Morgan fingerprint density at radius 3 is 2.59 bits per heavy atom. The van der Waals surface area contributed by atoms with E-state index in [0.717, 1.165) is 22.5 Å². The second-order valence-electron chi connectivity index (χ2n) is 5.86. The number of fused-ring (bicyclic) bond motifs is 1. The molecule has 1 N–H and O–H groups in total. The molecule has 5 heteroatoms. The van der Waals surface area contributed by atoms with Crippen LogP contribution in [0.4, 0.5) is 14.6 Å². The molecule has 0 aliphatic carbocycles. The molecule has 2 aromatic carbocycles. The first-order valence-electron chi connectivity index (χ1n) is 8.48. The van der Waals surface area contributed by atoms with Crippen LogP contribution in [0.2, 0.25) is 0 Å². The summed E-state index contributed by atoms with van der Waals surface area (Å²) in [5.41, 5.74) is 2.50. The van der Waals surface area contributed by atoms with Crippen molar-refractivity contribution in [3.05, 3.63) is 84.7 Å². The average Bonchev–Trinajstić information content (AvgIpc) is 2.66. The Balaban J connectivity index is 2.19. The molecule has 0 saturated heterocycles. The lowest BCUT2D eigenvalue weighted by Gasteiger charge is -2.11. The van der Waals surface area contributed by atoms with Crippen molar-refractivity contribution in [1.29, 1.82) is 0 Å². The van der Waals surface area contributed by atoms with Crippen LogP contribution in [0.3, 0.4) is 0 Å². The summed E-state index contributed by atoms with van der Waals surface area (Å²) in [5, 5.41) is 3.82. The van der Waals surface area contributed by atoms with E-state index in [0.29, 0.717) is 22.8 Å². The number of hydrogen-bond acceptors (Lipinski definition) is 3. The molecule has 0 radical (unpaired) electrons. The molecule has 0 atom stereocenters. The minimum Gasteiger partial charge on any atom is -0.373 e. The summed E-state index contributed by atoms with van der Waals surface area (Å²) in [6.45, 7) is 5.65. The molecule has 0 fully saturated rings. The Hall–Kier alpha value is -3.34. The van der Waals surface area contributed by atoms with Gasteiger partial charge in [0.15, 0.2) is 5.82 Å². The first-order chi connectivity index (χ1) is 13.1. The van der Waals surface area contributed by atoms with Gasteiger partial charge in [0.05, 0.1) is 5.52 Å². The van der Waals surface area contributed by atoms with Gasteiger partial charge in [-0.05, 0) is 36.8 Å². The Morgan fingerprint density at radius 1 is 1.11 bits per heavy atom. The molecule has 27 heavy (non-hydrogen) atoms. The van der Waals surface area contributed by atoms with Crippen LogP contribution in [0.15, 0.2) is 67.3 Å². The number of benzene rings is 2. The molecule has 0 aliphatic rings. The third kappa shape index (κ3) is 3.77. The van der Waals surface area contributed by atoms with Crippen molar-refractivity contribution < 1.29 is 8.78 Å². The maximum atomic E-state index is 14.1. The maximum Gasteiger partial charge on any atom is 0.162 e. The molecular formula is C22H19F2N3. The van der Waals surface area contributed by atoms with Crippen molar-refractivity contribution >= 4 is 22.3 Å². The highest BCUT2D eigenvalue weighted by atomic mass is 19.1. The van der Waals surface area contributed by atoms with E-state index in [1.165, 1.54) is 12.1 Å². The van der Waals surface area contributed by atoms with Gasteiger partial charge >= 0.3 is 0 Å². The van der Waals surface area contributed by atoms with Crippen LogP contribution in [-0.2, 0) is 0 Å². The second kappa shape index (κ2) is 7.91. The Kier molecular flexibility index (Phi) is 5.41. The van der Waals surface area contributed by atoms with E-state index in [2.05, 4.69) is 21.9 Å². The van der Waals surface area contributed by atoms with Crippen LogP contribution in [0.5, 0.6) is 0 Å². The molecule has 3 nitrogen and oxygen atoms in total. The number of aromatic nitrogens is 2. The van der Waals surface area contributed by atoms with Gasteiger partial charge in [-0.2, -0.15) is 0 Å². The average molecular weight is 363 g/mol. The van der Waals surface area contributed by atoms with Gasteiger partial charge in [-0.15, -0.1) is 0 Å². The molecule has 3 rings (SSSR count). The zero-order chi connectivity index (χ0) is 19.4. The summed E-state index contributed by atoms with van der Waals surface area (Å²) in [4.78, 5) is 9.21. The first kappa shape index (κ1) is 18.5. The Labute approximate surface area is 156 Å². The van der Waals surface area contributed by atoms with Crippen molar-refractivity contribution in [2.75, 3.05) is 12.4 Å². The van der Waals surface area contributed by atoms with Gasteiger partial charge in [0.2, 0.25) is 0 Å². The van der Waals surface area contributed by atoms with Crippen LogP contribution in [0.1, 0.15) is 12.7 Å². The van der Waals surface area contributed by atoms with Crippen LogP contribution in [0, 0.1) is 11.6 Å². The fraction of sp³-hybridized carbons (Fsp3) is 0.0909. The summed E-state index contributed by atoms with van der Waals surface area (Å²) in [6.07, 6.45) is 7.33. The molecule has 0 saturated carbocycles. The highest BCUT2D eigenvalue weighted by molar-refractivity contribution is 5.94. The third-order valence-electron chi connectivity index (χ3n) is 4.08. The van der Waals surface area contributed by atoms with Crippen molar-refractivity contribution in [2.45, 2.75) is 6.92 Å². The van der Waals surface area contributed by atoms with E-state index in [-0.39, 0.29) is 0 Å². The highest BCUT2D eigenvalue weighted by Gasteiger charge is 2.12. The van der Waals surface area contributed by atoms with Crippen LogP contribution in [0.25, 0.3) is 27.6 Å². The van der Waals surface area contributed by atoms with Gasteiger partial charge < -0.3 is 5.32 Å². The molecule has 0 unspecified atom stereocenters. The SMILES string of the molecule is C=C/C=C(\C=C/C)c1nc(NC)c2cc(-c3ccc(F)cc3F)ccc2n1. The summed E-state index contributed by atoms with van der Waals surface area (Å²) in [6, 6.07) is 8.92. The fourth-order valence-electron chi connectivity index (χ4n) is 2.85. The largest absolute Gasteiger partial charge is 0.373 e. The van der Waals surface area contributed by atoms with Crippen molar-refractivity contribution in [3.63, 3.8) is 0 Å². The second-order valence-corrected chi connectivity index (χ2v) is 5.86. The van der Waals surface area contributed by atoms with E-state index in [9.17, 15) is 8.78 Å². The molecule has 1 heterocycles. The standard InChI is InChI=1S/C22H19F2N3/c1-4-6-14(7-5-2)21-26-20-11-8-15(12-18(20)22(25-3)27-21)17-10-9-16(23)13-19(17)24/h4-13H,1H2,2-3H3,(H,25,26,27)/b7-5-,14-6+. The lowest BCUT2D eigenvalue weighted by Crippen LogP contribution is -2.01. The number of hydrogen-bond donors (Lipinski definition) is 1. The number of halogens is 2. The lowest BCUT2D eigenvalue weighted by atomic mass is 10.0. The number of nitrogens with one attached hydrogen (secondary N) is 1. The number of anilines is 1. The zero-order valence-corrected chi connectivity index (χ0v) is 15.1. The zero-order valence-electron chi connectivity index (χ0n) is 15.1. The summed E-state index contributed by atoms with van der Waals surface area (Å²) < 4.78 is 27.3. The molecule has 0 spiro atoms. The first-order valence-corrected chi connectivity index (χ1v) is 8.48. The summed E-state index contributed by atoms with van der Waals surface area (Å²) >= 11 is 0. The molecule has 1 aromatic heterocycles. The van der Waals surface area contributed by atoms with Crippen LogP contribution < -0.4 is 5.32 Å². The molecular weight excluding hydrogens is 344 g/mol. The smallest absolute Gasteiger partial charge is 0.162 e. The molecule has 3 aromatic rings. The Morgan fingerprint density at radius 2 is 1.93 bits per heavy atom. The quantitative estimate of drug-likeness (QED) is 0.586. The fourth-order valence-corrected chi connectivity index (χ4v) is 2.85.